The lowest BCUT2D eigenvalue weighted by molar-refractivity contribution is 0.266. The summed E-state index contributed by atoms with van der Waals surface area (Å²) < 4.78 is 2.35. The zero-order valence-corrected chi connectivity index (χ0v) is 13.3. The maximum Gasteiger partial charge on any atom is 0.0948 e. The SMILES string of the molecule is CC(C)N(C)CCCCn1cncc1C1CCCCN1. The molecule has 0 aromatic carbocycles. The van der Waals surface area contributed by atoms with Crippen LogP contribution in [-0.2, 0) is 6.54 Å². The normalized spacial score (nSPS) is 19.9. The van der Waals surface area contributed by atoms with E-state index in [0.29, 0.717) is 12.1 Å². The van der Waals surface area contributed by atoms with Crippen LogP contribution in [0.2, 0.25) is 0 Å². The van der Waals surface area contributed by atoms with Crippen LogP contribution in [0.5, 0.6) is 0 Å². The first kappa shape index (κ1) is 15.5. The summed E-state index contributed by atoms with van der Waals surface area (Å²) in [5.41, 5.74) is 1.38. The van der Waals surface area contributed by atoms with E-state index in [9.17, 15) is 0 Å². The number of unbranched alkanes of at least 4 members (excludes halogenated alkanes) is 1. The maximum atomic E-state index is 4.35. The molecule has 0 radical (unpaired) electrons. The Morgan fingerprint density at radius 2 is 2.25 bits per heavy atom. The van der Waals surface area contributed by atoms with Crippen LogP contribution in [0.1, 0.15) is 57.7 Å². The van der Waals surface area contributed by atoms with E-state index >= 15 is 0 Å². The van der Waals surface area contributed by atoms with Crippen LogP contribution in [0.3, 0.4) is 0 Å². The summed E-state index contributed by atoms with van der Waals surface area (Å²) in [7, 11) is 2.21. The van der Waals surface area contributed by atoms with Gasteiger partial charge in [-0.1, -0.05) is 6.42 Å². The molecular weight excluding hydrogens is 248 g/mol. The number of hydrogen-bond donors (Lipinski definition) is 1. The van der Waals surface area contributed by atoms with Crippen molar-refractivity contribution < 1.29 is 0 Å². The fourth-order valence-corrected chi connectivity index (χ4v) is 2.81. The van der Waals surface area contributed by atoms with Gasteiger partial charge in [0.1, 0.15) is 0 Å². The lowest BCUT2D eigenvalue weighted by Crippen LogP contribution is -2.29. The molecule has 4 nitrogen and oxygen atoms in total. The van der Waals surface area contributed by atoms with Gasteiger partial charge in [0.2, 0.25) is 0 Å². The number of piperidine rings is 1. The Hall–Kier alpha value is -0.870. The van der Waals surface area contributed by atoms with E-state index in [1.165, 1.54) is 44.3 Å². The van der Waals surface area contributed by atoms with E-state index in [4.69, 9.17) is 0 Å². The molecule has 0 spiro atoms. The van der Waals surface area contributed by atoms with Crippen molar-refractivity contribution in [1.29, 1.82) is 0 Å². The first-order valence-electron chi connectivity index (χ1n) is 8.12. The highest BCUT2D eigenvalue weighted by molar-refractivity contribution is 5.06. The number of nitrogens with zero attached hydrogens (tertiary/aromatic N) is 3. The summed E-state index contributed by atoms with van der Waals surface area (Å²) in [5.74, 6) is 0. The van der Waals surface area contributed by atoms with Crippen LogP contribution in [0, 0.1) is 0 Å². The molecule has 1 aliphatic rings. The van der Waals surface area contributed by atoms with Gasteiger partial charge in [0, 0.05) is 24.8 Å². The molecule has 1 fully saturated rings. The summed E-state index contributed by atoms with van der Waals surface area (Å²) in [4.78, 5) is 6.77. The highest BCUT2D eigenvalue weighted by Crippen LogP contribution is 2.22. The van der Waals surface area contributed by atoms with Crippen LogP contribution in [0.4, 0.5) is 0 Å². The van der Waals surface area contributed by atoms with Crippen molar-refractivity contribution in [2.24, 2.45) is 0 Å². The third-order valence-electron chi connectivity index (χ3n) is 4.45. The van der Waals surface area contributed by atoms with E-state index in [1.807, 2.05) is 12.5 Å². The second-order valence-electron chi connectivity index (χ2n) is 6.30. The molecule has 1 N–H and O–H groups in total. The van der Waals surface area contributed by atoms with Gasteiger partial charge in [-0.25, -0.2) is 4.98 Å². The van der Waals surface area contributed by atoms with Crippen molar-refractivity contribution in [2.45, 2.75) is 64.6 Å². The average Bonchev–Trinajstić information content (AvgIpc) is 2.92. The monoisotopic (exact) mass is 278 g/mol. The molecule has 1 atom stereocenters. The van der Waals surface area contributed by atoms with Crippen LogP contribution in [-0.4, -0.2) is 40.6 Å². The van der Waals surface area contributed by atoms with E-state index < -0.39 is 0 Å². The van der Waals surface area contributed by atoms with Gasteiger partial charge in [0.25, 0.3) is 0 Å². The summed E-state index contributed by atoms with van der Waals surface area (Å²) in [6.45, 7) is 7.93. The van der Waals surface area contributed by atoms with Crippen molar-refractivity contribution in [1.82, 2.24) is 19.8 Å². The summed E-state index contributed by atoms with van der Waals surface area (Å²) >= 11 is 0. The molecule has 1 saturated heterocycles. The van der Waals surface area contributed by atoms with Crippen LogP contribution < -0.4 is 5.32 Å². The molecule has 1 aliphatic heterocycles. The molecule has 0 amide bonds. The molecular formula is C16H30N4. The van der Waals surface area contributed by atoms with Gasteiger partial charge in [-0.05, 0) is 59.7 Å². The molecule has 1 aromatic heterocycles. The second kappa shape index (κ2) is 7.79. The predicted molar refractivity (Wildman–Crippen MR) is 83.8 cm³/mol. The Labute approximate surface area is 123 Å². The quantitative estimate of drug-likeness (QED) is 0.779. The first-order chi connectivity index (χ1) is 9.68. The zero-order chi connectivity index (χ0) is 14.4. The van der Waals surface area contributed by atoms with Gasteiger partial charge in [0.15, 0.2) is 0 Å². The number of nitrogens with one attached hydrogen (secondary N) is 1. The van der Waals surface area contributed by atoms with Gasteiger partial charge in [0.05, 0.1) is 12.0 Å². The number of imidazole rings is 1. The predicted octanol–water partition coefficient (Wildman–Crippen LogP) is 2.82. The molecule has 2 rings (SSSR count). The Balaban J connectivity index is 1.77. The van der Waals surface area contributed by atoms with E-state index in [-0.39, 0.29) is 0 Å². The summed E-state index contributed by atoms with van der Waals surface area (Å²) in [6.07, 6.45) is 10.4. The Bertz CT molecular complexity index is 380. The van der Waals surface area contributed by atoms with Gasteiger partial charge in [-0.15, -0.1) is 0 Å². The van der Waals surface area contributed by atoms with Gasteiger partial charge in [-0.3, -0.25) is 0 Å². The fraction of sp³-hybridized carbons (Fsp3) is 0.812. The number of rotatable bonds is 7. The molecule has 4 heteroatoms. The third kappa shape index (κ3) is 4.32. The van der Waals surface area contributed by atoms with Gasteiger partial charge < -0.3 is 14.8 Å². The first-order valence-corrected chi connectivity index (χ1v) is 8.12. The topological polar surface area (TPSA) is 33.1 Å². The van der Waals surface area contributed by atoms with E-state index in [0.717, 1.165) is 13.1 Å². The molecule has 2 heterocycles. The van der Waals surface area contributed by atoms with Gasteiger partial charge >= 0.3 is 0 Å². The second-order valence-corrected chi connectivity index (χ2v) is 6.30. The van der Waals surface area contributed by atoms with Crippen LogP contribution >= 0.6 is 0 Å². The minimum atomic E-state index is 0.518. The fourth-order valence-electron chi connectivity index (χ4n) is 2.81. The molecule has 0 bridgehead atoms. The lowest BCUT2D eigenvalue weighted by atomic mass is 10.0. The maximum absolute atomic E-state index is 4.35. The smallest absolute Gasteiger partial charge is 0.0948 e. The standard InChI is InChI=1S/C16H30N4/c1-14(2)19(3)10-6-7-11-20-13-17-12-16(20)15-8-4-5-9-18-15/h12-15,18H,4-11H2,1-3H3. The van der Waals surface area contributed by atoms with Crippen molar-refractivity contribution in [2.75, 3.05) is 20.1 Å². The van der Waals surface area contributed by atoms with Crippen molar-refractivity contribution in [3.8, 4) is 0 Å². The van der Waals surface area contributed by atoms with Crippen LogP contribution in [0.25, 0.3) is 0 Å². The molecule has 1 aromatic rings. The molecule has 0 aliphatic carbocycles. The zero-order valence-electron chi connectivity index (χ0n) is 13.3. The summed E-state index contributed by atoms with van der Waals surface area (Å²) in [5, 5.41) is 3.62. The molecule has 0 saturated carbocycles. The average molecular weight is 278 g/mol. The van der Waals surface area contributed by atoms with E-state index in [1.54, 1.807) is 0 Å². The minimum absolute atomic E-state index is 0.518. The largest absolute Gasteiger partial charge is 0.333 e. The van der Waals surface area contributed by atoms with Crippen molar-refractivity contribution in [3.05, 3.63) is 18.2 Å². The lowest BCUT2D eigenvalue weighted by Gasteiger charge is -2.24. The van der Waals surface area contributed by atoms with Crippen LogP contribution in [0.15, 0.2) is 12.5 Å². The third-order valence-corrected chi connectivity index (χ3v) is 4.45. The highest BCUT2D eigenvalue weighted by atomic mass is 15.1. The number of aromatic nitrogens is 2. The van der Waals surface area contributed by atoms with E-state index in [2.05, 4.69) is 40.7 Å². The van der Waals surface area contributed by atoms with Crippen molar-refractivity contribution in [3.63, 3.8) is 0 Å². The molecule has 1 unspecified atom stereocenters. The number of aryl methyl sites for hydroxylation is 1. The molecule has 20 heavy (non-hydrogen) atoms. The Kier molecular flexibility index (Phi) is 6.05. The minimum Gasteiger partial charge on any atom is -0.333 e. The molecule has 114 valence electrons. The highest BCUT2D eigenvalue weighted by Gasteiger charge is 2.18. The summed E-state index contributed by atoms with van der Waals surface area (Å²) in [6, 6.07) is 1.16. The Morgan fingerprint density at radius 1 is 1.40 bits per heavy atom. The number of hydrogen-bond acceptors (Lipinski definition) is 3. The van der Waals surface area contributed by atoms with Gasteiger partial charge in [-0.2, -0.15) is 0 Å². The van der Waals surface area contributed by atoms with Crippen molar-refractivity contribution >= 4 is 0 Å². The Morgan fingerprint density at radius 3 is 2.95 bits per heavy atom.